The second kappa shape index (κ2) is 7.24. The fraction of sp³-hybridized carbons (Fsp3) is 0.833. The van der Waals surface area contributed by atoms with Crippen LogP contribution in [0, 0.1) is 0 Å². The first kappa shape index (κ1) is 13.9. The van der Waals surface area contributed by atoms with Crippen LogP contribution in [0.3, 0.4) is 0 Å². The molecule has 0 saturated heterocycles. The molecular formula is C12H27NSi. The summed E-state index contributed by atoms with van der Waals surface area (Å²) < 4.78 is 0. The maximum Gasteiger partial charge on any atom is 0.0720 e. The Morgan fingerprint density at radius 3 is 2.29 bits per heavy atom. The Labute approximate surface area is 91.0 Å². The van der Waals surface area contributed by atoms with Gasteiger partial charge in [-0.25, -0.2) is 0 Å². The van der Waals surface area contributed by atoms with E-state index in [1.807, 2.05) is 0 Å². The zero-order chi connectivity index (χ0) is 11.0. The molecule has 0 spiro atoms. The van der Waals surface area contributed by atoms with E-state index in [1.165, 1.54) is 25.8 Å². The maximum absolute atomic E-state index is 3.50. The molecule has 0 bridgehead atoms. The SMILES string of the molecule is CC=C(CCNCCCC)[Si](C)(C)C. The largest absolute Gasteiger partial charge is 0.316 e. The van der Waals surface area contributed by atoms with Crippen LogP contribution in [0.5, 0.6) is 0 Å². The second-order valence-electron chi connectivity index (χ2n) is 4.92. The van der Waals surface area contributed by atoms with Gasteiger partial charge in [0.05, 0.1) is 8.07 Å². The molecule has 2 heteroatoms. The van der Waals surface area contributed by atoms with Crippen molar-refractivity contribution in [3.8, 4) is 0 Å². The van der Waals surface area contributed by atoms with Gasteiger partial charge in [0.25, 0.3) is 0 Å². The number of allylic oxidation sites excluding steroid dienone is 1. The lowest BCUT2D eigenvalue weighted by Crippen LogP contribution is -2.27. The van der Waals surface area contributed by atoms with Crippen molar-refractivity contribution in [2.75, 3.05) is 13.1 Å². The molecule has 0 saturated carbocycles. The summed E-state index contributed by atoms with van der Waals surface area (Å²) >= 11 is 0. The van der Waals surface area contributed by atoms with Crippen molar-refractivity contribution in [3.63, 3.8) is 0 Å². The van der Waals surface area contributed by atoms with Crippen LogP contribution in [0.1, 0.15) is 33.1 Å². The Morgan fingerprint density at radius 1 is 1.21 bits per heavy atom. The van der Waals surface area contributed by atoms with E-state index in [1.54, 1.807) is 5.20 Å². The lowest BCUT2D eigenvalue weighted by Gasteiger charge is -2.21. The monoisotopic (exact) mass is 213 g/mol. The molecule has 0 aromatic rings. The topological polar surface area (TPSA) is 12.0 Å². The van der Waals surface area contributed by atoms with Gasteiger partial charge in [-0.1, -0.05) is 44.3 Å². The number of unbranched alkanes of at least 4 members (excludes halogenated alkanes) is 1. The highest BCUT2D eigenvalue weighted by Gasteiger charge is 2.17. The van der Waals surface area contributed by atoms with Crippen molar-refractivity contribution in [1.29, 1.82) is 0 Å². The molecule has 0 fully saturated rings. The maximum atomic E-state index is 3.50. The van der Waals surface area contributed by atoms with Gasteiger partial charge < -0.3 is 5.32 Å². The minimum absolute atomic E-state index is 1.03. The van der Waals surface area contributed by atoms with Crippen molar-refractivity contribution < 1.29 is 0 Å². The van der Waals surface area contributed by atoms with Gasteiger partial charge in [-0.3, -0.25) is 0 Å². The Kier molecular flexibility index (Phi) is 7.20. The summed E-state index contributed by atoms with van der Waals surface area (Å²) in [5, 5.41) is 5.20. The van der Waals surface area contributed by atoms with Crippen LogP contribution >= 0.6 is 0 Å². The van der Waals surface area contributed by atoms with Gasteiger partial charge >= 0.3 is 0 Å². The molecule has 0 aliphatic heterocycles. The van der Waals surface area contributed by atoms with E-state index in [9.17, 15) is 0 Å². The smallest absolute Gasteiger partial charge is 0.0720 e. The molecule has 1 N–H and O–H groups in total. The van der Waals surface area contributed by atoms with E-state index in [0.717, 1.165) is 6.54 Å². The summed E-state index contributed by atoms with van der Waals surface area (Å²) in [6, 6.07) is 0. The van der Waals surface area contributed by atoms with Crippen LogP contribution in [0.4, 0.5) is 0 Å². The Hall–Kier alpha value is -0.0831. The average Bonchev–Trinajstić information content (AvgIpc) is 2.09. The fourth-order valence-corrected chi connectivity index (χ4v) is 3.34. The van der Waals surface area contributed by atoms with Crippen molar-refractivity contribution in [2.24, 2.45) is 0 Å². The van der Waals surface area contributed by atoms with Gasteiger partial charge in [0.15, 0.2) is 0 Å². The number of hydrogen-bond acceptors (Lipinski definition) is 1. The summed E-state index contributed by atoms with van der Waals surface area (Å²) in [4.78, 5) is 0. The third-order valence-corrected chi connectivity index (χ3v) is 5.06. The van der Waals surface area contributed by atoms with Crippen LogP contribution in [0.15, 0.2) is 11.3 Å². The first-order valence-corrected chi connectivity index (χ1v) is 9.38. The summed E-state index contributed by atoms with van der Waals surface area (Å²) in [5.74, 6) is 0. The van der Waals surface area contributed by atoms with Crippen molar-refractivity contribution >= 4 is 8.07 Å². The lowest BCUT2D eigenvalue weighted by atomic mass is 10.3. The normalized spacial score (nSPS) is 13.4. The predicted octanol–water partition coefficient (Wildman–Crippen LogP) is 3.59. The van der Waals surface area contributed by atoms with Crippen molar-refractivity contribution in [1.82, 2.24) is 5.32 Å². The minimum atomic E-state index is -1.03. The third kappa shape index (κ3) is 6.38. The van der Waals surface area contributed by atoms with Gasteiger partial charge in [0, 0.05) is 0 Å². The van der Waals surface area contributed by atoms with Crippen LogP contribution in [-0.2, 0) is 0 Å². The number of nitrogens with one attached hydrogen (secondary N) is 1. The standard InChI is InChI=1S/C12H27NSi/c1-6-8-10-13-11-9-12(7-2)14(3,4)5/h7,13H,6,8-11H2,1-5H3. The molecule has 0 heterocycles. The Bertz CT molecular complexity index is 168. The van der Waals surface area contributed by atoms with E-state index >= 15 is 0 Å². The number of rotatable bonds is 7. The molecule has 0 radical (unpaired) electrons. The Balaban J connectivity index is 3.66. The third-order valence-electron chi connectivity index (χ3n) is 2.59. The molecule has 0 aromatic carbocycles. The quantitative estimate of drug-likeness (QED) is 0.503. The molecule has 14 heavy (non-hydrogen) atoms. The van der Waals surface area contributed by atoms with E-state index in [-0.39, 0.29) is 0 Å². The number of hydrogen-bond donors (Lipinski definition) is 1. The van der Waals surface area contributed by atoms with E-state index in [4.69, 9.17) is 0 Å². The second-order valence-corrected chi connectivity index (χ2v) is 10.1. The zero-order valence-corrected chi connectivity index (χ0v) is 11.6. The highest BCUT2D eigenvalue weighted by Crippen LogP contribution is 2.16. The fourth-order valence-electron chi connectivity index (χ4n) is 1.60. The highest BCUT2D eigenvalue weighted by molar-refractivity contribution is 6.83. The Morgan fingerprint density at radius 2 is 1.86 bits per heavy atom. The van der Waals surface area contributed by atoms with Crippen LogP contribution in [-0.4, -0.2) is 21.2 Å². The average molecular weight is 213 g/mol. The highest BCUT2D eigenvalue weighted by atomic mass is 28.3. The van der Waals surface area contributed by atoms with E-state index in [0.29, 0.717) is 0 Å². The van der Waals surface area contributed by atoms with E-state index in [2.05, 4.69) is 44.9 Å². The van der Waals surface area contributed by atoms with E-state index < -0.39 is 8.07 Å². The zero-order valence-electron chi connectivity index (χ0n) is 10.6. The summed E-state index contributed by atoms with van der Waals surface area (Å²) in [6.45, 7) is 14.0. The molecule has 0 rings (SSSR count). The van der Waals surface area contributed by atoms with Crippen LogP contribution in [0.2, 0.25) is 19.6 Å². The first-order chi connectivity index (χ1) is 6.52. The molecule has 1 nitrogen and oxygen atoms in total. The molecule has 0 aliphatic carbocycles. The summed E-state index contributed by atoms with van der Waals surface area (Å²) in [5.41, 5.74) is 0. The predicted molar refractivity (Wildman–Crippen MR) is 69.5 cm³/mol. The van der Waals surface area contributed by atoms with Gasteiger partial charge in [-0.2, -0.15) is 0 Å². The molecule has 84 valence electrons. The minimum Gasteiger partial charge on any atom is -0.316 e. The molecular weight excluding hydrogens is 186 g/mol. The van der Waals surface area contributed by atoms with Crippen molar-refractivity contribution in [3.05, 3.63) is 11.3 Å². The lowest BCUT2D eigenvalue weighted by molar-refractivity contribution is 0.642. The molecule has 0 atom stereocenters. The first-order valence-electron chi connectivity index (χ1n) is 5.88. The van der Waals surface area contributed by atoms with Gasteiger partial charge in [-0.15, -0.1) is 0 Å². The molecule has 0 aromatic heterocycles. The van der Waals surface area contributed by atoms with Crippen molar-refractivity contribution in [2.45, 2.75) is 52.8 Å². The summed E-state index contributed by atoms with van der Waals surface area (Å²) in [6.07, 6.45) is 6.17. The van der Waals surface area contributed by atoms with Gasteiger partial charge in [-0.05, 0) is 32.9 Å². The van der Waals surface area contributed by atoms with Gasteiger partial charge in [0.2, 0.25) is 0 Å². The molecule has 0 amide bonds. The van der Waals surface area contributed by atoms with Crippen LogP contribution < -0.4 is 5.32 Å². The van der Waals surface area contributed by atoms with Gasteiger partial charge in [0.1, 0.15) is 0 Å². The molecule has 0 unspecified atom stereocenters. The summed E-state index contributed by atoms with van der Waals surface area (Å²) in [7, 11) is -1.03. The molecule has 0 aliphatic rings. The van der Waals surface area contributed by atoms with Crippen LogP contribution in [0.25, 0.3) is 0 Å².